The van der Waals surface area contributed by atoms with Crippen LogP contribution in [0.5, 0.6) is 0 Å². The van der Waals surface area contributed by atoms with Gasteiger partial charge in [0.15, 0.2) is 5.13 Å². The predicted molar refractivity (Wildman–Crippen MR) is 90.3 cm³/mol. The van der Waals surface area contributed by atoms with Crippen molar-refractivity contribution in [3.63, 3.8) is 0 Å². The van der Waals surface area contributed by atoms with Crippen LogP contribution in [0.4, 0.5) is 9.52 Å². The molecule has 2 aromatic rings. The molecule has 2 fully saturated rings. The van der Waals surface area contributed by atoms with E-state index in [2.05, 4.69) is 10.3 Å². The van der Waals surface area contributed by atoms with Gasteiger partial charge in [0.2, 0.25) is 11.8 Å². The Bertz CT molecular complexity index is 800. The van der Waals surface area contributed by atoms with Crippen LogP contribution in [0.25, 0.3) is 10.2 Å². The first-order valence-electron chi connectivity index (χ1n) is 8.26. The van der Waals surface area contributed by atoms with Crippen LogP contribution in [0.1, 0.15) is 32.1 Å². The Morgan fingerprint density at radius 3 is 2.92 bits per heavy atom. The molecule has 1 unspecified atom stereocenters. The molecule has 5 nitrogen and oxygen atoms in total. The first-order valence-corrected chi connectivity index (χ1v) is 9.08. The summed E-state index contributed by atoms with van der Waals surface area (Å²) in [6, 6.07) is 4.66. The second-order valence-corrected chi connectivity index (χ2v) is 7.54. The first-order chi connectivity index (χ1) is 11.6. The Balaban J connectivity index is 1.44. The van der Waals surface area contributed by atoms with Crippen LogP contribution in [-0.4, -0.2) is 34.3 Å². The molecule has 126 valence electrons. The Kier molecular flexibility index (Phi) is 3.96. The summed E-state index contributed by atoms with van der Waals surface area (Å²) in [6.45, 7) is 0.495. The number of hydrogen-bond acceptors (Lipinski definition) is 4. The molecule has 2 aliphatic rings. The molecule has 0 bridgehead atoms. The van der Waals surface area contributed by atoms with E-state index in [9.17, 15) is 14.0 Å². The van der Waals surface area contributed by atoms with E-state index in [0.717, 1.165) is 25.7 Å². The molecule has 4 rings (SSSR count). The van der Waals surface area contributed by atoms with Crippen molar-refractivity contribution in [2.75, 3.05) is 11.9 Å². The number of benzene rings is 1. The number of nitrogens with zero attached hydrogens (tertiary/aromatic N) is 2. The highest BCUT2D eigenvalue weighted by atomic mass is 32.1. The van der Waals surface area contributed by atoms with Gasteiger partial charge in [-0.1, -0.05) is 24.2 Å². The molecule has 1 aliphatic carbocycles. The fourth-order valence-corrected chi connectivity index (χ4v) is 4.53. The van der Waals surface area contributed by atoms with Crippen molar-refractivity contribution in [3.8, 4) is 0 Å². The Labute approximate surface area is 142 Å². The highest BCUT2D eigenvalue weighted by molar-refractivity contribution is 7.22. The van der Waals surface area contributed by atoms with Gasteiger partial charge in [0.1, 0.15) is 5.82 Å². The third-order valence-corrected chi connectivity index (χ3v) is 5.81. The standard InChI is InChI=1S/C17H18FN3O2S/c18-11-5-6-13-14(8-11)24-17(19-13)20-16(23)10-7-15(22)21(9-10)12-3-1-2-4-12/h5-6,8,10,12H,1-4,7,9H2,(H,19,20,23). The van der Waals surface area contributed by atoms with Gasteiger partial charge in [-0.3, -0.25) is 9.59 Å². The zero-order valence-electron chi connectivity index (χ0n) is 13.1. The van der Waals surface area contributed by atoms with Gasteiger partial charge >= 0.3 is 0 Å². The summed E-state index contributed by atoms with van der Waals surface area (Å²) >= 11 is 1.24. The van der Waals surface area contributed by atoms with Gasteiger partial charge in [0.05, 0.1) is 16.1 Å². The molecule has 24 heavy (non-hydrogen) atoms. The van der Waals surface area contributed by atoms with Gasteiger partial charge < -0.3 is 10.2 Å². The maximum atomic E-state index is 13.2. The topological polar surface area (TPSA) is 62.3 Å². The van der Waals surface area contributed by atoms with Crippen molar-refractivity contribution in [1.82, 2.24) is 9.88 Å². The molecule has 0 spiro atoms. The average Bonchev–Trinajstić information content (AvgIpc) is 3.25. The Morgan fingerprint density at radius 2 is 2.12 bits per heavy atom. The average molecular weight is 347 g/mol. The van der Waals surface area contributed by atoms with Crippen molar-refractivity contribution in [3.05, 3.63) is 24.0 Å². The van der Waals surface area contributed by atoms with Crippen molar-refractivity contribution < 1.29 is 14.0 Å². The normalized spacial score (nSPS) is 21.8. The number of rotatable bonds is 3. The molecule has 7 heteroatoms. The highest BCUT2D eigenvalue weighted by Crippen LogP contribution is 2.31. The molecule has 2 amide bonds. The highest BCUT2D eigenvalue weighted by Gasteiger charge is 2.38. The van der Waals surface area contributed by atoms with Gasteiger partial charge in [0, 0.05) is 19.0 Å². The number of hydrogen-bond donors (Lipinski definition) is 1. The number of anilines is 1. The van der Waals surface area contributed by atoms with E-state index in [0.29, 0.717) is 27.9 Å². The van der Waals surface area contributed by atoms with Crippen LogP contribution >= 0.6 is 11.3 Å². The summed E-state index contributed by atoms with van der Waals surface area (Å²) in [5.74, 6) is -0.753. The quantitative estimate of drug-likeness (QED) is 0.928. The van der Waals surface area contributed by atoms with E-state index >= 15 is 0 Å². The number of halogens is 1. The molecule has 1 aromatic carbocycles. The second kappa shape index (κ2) is 6.12. The monoisotopic (exact) mass is 347 g/mol. The minimum atomic E-state index is -0.332. The predicted octanol–water partition coefficient (Wildman–Crippen LogP) is 3.17. The Morgan fingerprint density at radius 1 is 1.33 bits per heavy atom. The lowest BCUT2D eigenvalue weighted by atomic mass is 10.1. The van der Waals surface area contributed by atoms with Crippen molar-refractivity contribution >= 4 is 38.5 Å². The van der Waals surface area contributed by atoms with Gasteiger partial charge in [-0.2, -0.15) is 0 Å². The lowest BCUT2D eigenvalue weighted by Crippen LogP contribution is -2.35. The maximum Gasteiger partial charge on any atom is 0.231 e. The number of carbonyl (C=O) groups excluding carboxylic acids is 2. The van der Waals surface area contributed by atoms with Crippen LogP contribution in [-0.2, 0) is 9.59 Å². The number of aromatic nitrogens is 1. The van der Waals surface area contributed by atoms with Gasteiger partial charge in [-0.25, -0.2) is 9.37 Å². The molecule has 2 heterocycles. The van der Waals surface area contributed by atoms with E-state index in [1.165, 1.54) is 23.5 Å². The zero-order chi connectivity index (χ0) is 16.7. The number of thiazole rings is 1. The van der Waals surface area contributed by atoms with Crippen LogP contribution in [0, 0.1) is 11.7 Å². The molecule has 1 aromatic heterocycles. The Hall–Kier alpha value is -2.02. The van der Waals surface area contributed by atoms with Gasteiger partial charge in [0.25, 0.3) is 0 Å². The minimum absolute atomic E-state index is 0.0772. The molecular weight excluding hydrogens is 329 g/mol. The molecule has 1 atom stereocenters. The summed E-state index contributed by atoms with van der Waals surface area (Å²) in [5.41, 5.74) is 0.659. The second-order valence-electron chi connectivity index (χ2n) is 6.51. The van der Waals surface area contributed by atoms with Crippen molar-refractivity contribution in [2.24, 2.45) is 5.92 Å². The van der Waals surface area contributed by atoms with Crippen molar-refractivity contribution in [1.29, 1.82) is 0 Å². The van der Waals surface area contributed by atoms with E-state index in [-0.39, 0.29) is 30.0 Å². The maximum absolute atomic E-state index is 13.2. The summed E-state index contributed by atoms with van der Waals surface area (Å²) in [4.78, 5) is 30.8. The first kappa shape index (κ1) is 15.5. The largest absolute Gasteiger partial charge is 0.339 e. The number of amides is 2. The third kappa shape index (κ3) is 2.88. The number of carbonyl (C=O) groups is 2. The zero-order valence-corrected chi connectivity index (χ0v) is 13.9. The van der Waals surface area contributed by atoms with E-state index in [1.54, 1.807) is 6.07 Å². The smallest absolute Gasteiger partial charge is 0.231 e. The van der Waals surface area contributed by atoms with Crippen LogP contribution < -0.4 is 5.32 Å². The van der Waals surface area contributed by atoms with E-state index < -0.39 is 0 Å². The molecule has 1 saturated carbocycles. The van der Waals surface area contributed by atoms with Gasteiger partial charge in [-0.15, -0.1) is 0 Å². The third-order valence-electron chi connectivity index (χ3n) is 4.88. The van der Waals surface area contributed by atoms with E-state index in [4.69, 9.17) is 0 Å². The summed E-state index contributed by atoms with van der Waals surface area (Å²) < 4.78 is 13.9. The molecule has 0 radical (unpaired) electrons. The summed E-state index contributed by atoms with van der Waals surface area (Å²) in [6.07, 6.45) is 4.68. The fourth-order valence-electron chi connectivity index (χ4n) is 3.64. The molecule has 1 saturated heterocycles. The number of nitrogens with one attached hydrogen (secondary N) is 1. The van der Waals surface area contributed by atoms with Crippen molar-refractivity contribution in [2.45, 2.75) is 38.1 Å². The fraction of sp³-hybridized carbons (Fsp3) is 0.471. The van der Waals surface area contributed by atoms with Crippen LogP contribution in [0.15, 0.2) is 18.2 Å². The SMILES string of the molecule is O=C(Nc1nc2ccc(F)cc2s1)C1CC(=O)N(C2CCCC2)C1. The summed E-state index contributed by atoms with van der Waals surface area (Å²) in [7, 11) is 0. The lowest BCUT2D eigenvalue weighted by Gasteiger charge is -2.23. The minimum Gasteiger partial charge on any atom is -0.339 e. The summed E-state index contributed by atoms with van der Waals surface area (Å²) in [5, 5.41) is 3.24. The molecule has 1 aliphatic heterocycles. The van der Waals surface area contributed by atoms with Crippen LogP contribution in [0.2, 0.25) is 0 Å². The van der Waals surface area contributed by atoms with Crippen LogP contribution in [0.3, 0.4) is 0 Å². The lowest BCUT2D eigenvalue weighted by molar-refractivity contribution is -0.129. The molecular formula is C17H18FN3O2S. The number of likely N-dealkylation sites (tertiary alicyclic amines) is 1. The number of fused-ring (bicyclic) bond motifs is 1. The van der Waals surface area contributed by atoms with Gasteiger partial charge in [-0.05, 0) is 31.0 Å². The molecule has 1 N–H and O–H groups in total. The van der Waals surface area contributed by atoms with E-state index in [1.807, 2.05) is 4.90 Å².